The molecule has 0 spiro atoms. The third-order valence-electron chi connectivity index (χ3n) is 1.72. The first kappa shape index (κ1) is 11.9. The normalized spacial score (nSPS) is 14.6. The Hall–Kier alpha value is -0.130. The zero-order valence-electron chi connectivity index (χ0n) is 7.71. The highest BCUT2D eigenvalue weighted by molar-refractivity contribution is 7.91. The first-order chi connectivity index (χ1) is 5.48. The Morgan fingerprint density at radius 3 is 2.50 bits per heavy atom. The van der Waals surface area contributed by atoms with Gasteiger partial charge in [0.1, 0.15) is 0 Å². The molecular weight excluding hydrogens is 176 g/mol. The number of hydrogen-bond acceptors (Lipinski definition) is 4. The largest absolute Gasteiger partial charge is 0.330 e. The summed E-state index contributed by atoms with van der Waals surface area (Å²) in [4.78, 5) is 0. The highest BCUT2D eigenvalue weighted by atomic mass is 32.2. The summed E-state index contributed by atoms with van der Waals surface area (Å²) in [5.41, 5.74) is 5.27. The summed E-state index contributed by atoms with van der Waals surface area (Å²) in [5.74, 6) is 0. The molecule has 0 saturated carbocycles. The fraction of sp³-hybridized carbons (Fsp3) is 1.00. The van der Waals surface area contributed by atoms with Gasteiger partial charge in [-0.05, 0) is 26.4 Å². The highest BCUT2D eigenvalue weighted by Gasteiger charge is 2.13. The van der Waals surface area contributed by atoms with E-state index in [-0.39, 0.29) is 5.25 Å². The lowest BCUT2D eigenvalue weighted by Gasteiger charge is -2.09. The molecule has 0 radical (unpaired) electrons. The molecule has 0 saturated heterocycles. The van der Waals surface area contributed by atoms with Crippen molar-refractivity contribution in [2.24, 2.45) is 5.73 Å². The maximum atomic E-state index is 10.9. The van der Waals surface area contributed by atoms with E-state index in [0.717, 1.165) is 13.0 Å². The predicted octanol–water partition coefficient (Wildman–Crippen LogP) is -0.642. The van der Waals surface area contributed by atoms with Crippen molar-refractivity contribution in [1.29, 1.82) is 0 Å². The SMILES string of the molecule is CC(CNCCCN)S(C)(=O)=O. The maximum absolute atomic E-state index is 10.9. The maximum Gasteiger partial charge on any atom is 0.151 e. The van der Waals surface area contributed by atoms with Crippen molar-refractivity contribution in [2.45, 2.75) is 18.6 Å². The van der Waals surface area contributed by atoms with E-state index in [1.165, 1.54) is 6.26 Å². The van der Waals surface area contributed by atoms with Crippen molar-refractivity contribution in [3.63, 3.8) is 0 Å². The average Bonchev–Trinajstić information content (AvgIpc) is 1.96. The average molecular weight is 194 g/mol. The van der Waals surface area contributed by atoms with Gasteiger partial charge in [0.15, 0.2) is 9.84 Å². The quantitative estimate of drug-likeness (QED) is 0.552. The molecule has 0 aromatic carbocycles. The molecule has 0 aliphatic heterocycles. The second-order valence-corrected chi connectivity index (χ2v) is 5.45. The van der Waals surface area contributed by atoms with Gasteiger partial charge in [-0.25, -0.2) is 8.42 Å². The summed E-state index contributed by atoms with van der Waals surface area (Å²) in [6.45, 7) is 3.64. The van der Waals surface area contributed by atoms with Crippen molar-refractivity contribution >= 4 is 9.84 Å². The van der Waals surface area contributed by atoms with Crippen LogP contribution in [0.5, 0.6) is 0 Å². The van der Waals surface area contributed by atoms with Gasteiger partial charge < -0.3 is 11.1 Å². The second-order valence-electron chi connectivity index (χ2n) is 2.99. The molecule has 0 rings (SSSR count). The molecule has 0 aliphatic carbocycles. The zero-order valence-corrected chi connectivity index (χ0v) is 8.52. The Morgan fingerprint density at radius 1 is 1.50 bits per heavy atom. The van der Waals surface area contributed by atoms with Crippen LogP contribution in [0.25, 0.3) is 0 Å². The van der Waals surface area contributed by atoms with E-state index in [1.807, 2.05) is 0 Å². The molecule has 1 unspecified atom stereocenters. The fourth-order valence-corrected chi connectivity index (χ4v) is 1.10. The molecule has 0 aromatic heterocycles. The third kappa shape index (κ3) is 5.51. The van der Waals surface area contributed by atoms with Crippen LogP contribution in [-0.2, 0) is 9.84 Å². The lowest BCUT2D eigenvalue weighted by molar-refractivity contribution is 0.574. The van der Waals surface area contributed by atoms with Gasteiger partial charge in [-0.3, -0.25) is 0 Å². The number of rotatable bonds is 6. The van der Waals surface area contributed by atoms with Crippen molar-refractivity contribution in [3.8, 4) is 0 Å². The van der Waals surface area contributed by atoms with E-state index in [0.29, 0.717) is 13.1 Å². The molecule has 3 N–H and O–H groups in total. The molecular formula is C7H18N2O2S. The van der Waals surface area contributed by atoms with Crippen molar-refractivity contribution in [3.05, 3.63) is 0 Å². The zero-order chi connectivity index (χ0) is 9.61. The third-order valence-corrected chi connectivity index (χ3v) is 3.35. The van der Waals surface area contributed by atoms with Crippen LogP contribution in [0.4, 0.5) is 0 Å². The number of sulfone groups is 1. The Bertz CT molecular complexity index is 201. The van der Waals surface area contributed by atoms with Gasteiger partial charge in [0.25, 0.3) is 0 Å². The topological polar surface area (TPSA) is 72.2 Å². The summed E-state index contributed by atoms with van der Waals surface area (Å²) in [5, 5.41) is 2.72. The van der Waals surface area contributed by atoms with E-state index >= 15 is 0 Å². The molecule has 0 heterocycles. The van der Waals surface area contributed by atoms with Crippen LogP contribution in [0.3, 0.4) is 0 Å². The molecule has 74 valence electrons. The minimum atomic E-state index is -2.88. The molecule has 0 aromatic rings. The Labute approximate surface area is 74.4 Å². The Morgan fingerprint density at radius 2 is 2.08 bits per heavy atom. The van der Waals surface area contributed by atoms with E-state index in [2.05, 4.69) is 5.32 Å². The molecule has 0 fully saturated rings. The van der Waals surface area contributed by atoms with E-state index in [4.69, 9.17) is 5.73 Å². The van der Waals surface area contributed by atoms with Gasteiger partial charge in [0, 0.05) is 12.8 Å². The molecule has 0 amide bonds. The van der Waals surface area contributed by atoms with Gasteiger partial charge >= 0.3 is 0 Å². The second kappa shape index (κ2) is 5.50. The van der Waals surface area contributed by atoms with Crippen LogP contribution in [0.1, 0.15) is 13.3 Å². The smallest absolute Gasteiger partial charge is 0.151 e. The Balaban J connectivity index is 3.52. The molecule has 0 aliphatic rings. The van der Waals surface area contributed by atoms with Crippen LogP contribution in [0, 0.1) is 0 Å². The first-order valence-corrected chi connectivity index (χ1v) is 6.03. The predicted molar refractivity (Wildman–Crippen MR) is 50.8 cm³/mol. The van der Waals surface area contributed by atoms with Crippen LogP contribution in [0.2, 0.25) is 0 Å². The van der Waals surface area contributed by atoms with E-state index in [1.54, 1.807) is 6.92 Å². The minimum Gasteiger partial charge on any atom is -0.330 e. The van der Waals surface area contributed by atoms with Gasteiger partial charge in [0.05, 0.1) is 5.25 Å². The summed E-state index contributed by atoms with van der Waals surface area (Å²) >= 11 is 0. The van der Waals surface area contributed by atoms with Gasteiger partial charge in [-0.1, -0.05) is 0 Å². The molecule has 4 nitrogen and oxygen atoms in total. The van der Waals surface area contributed by atoms with Gasteiger partial charge in [0.2, 0.25) is 0 Å². The summed E-state index contributed by atoms with van der Waals surface area (Å²) in [6.07, 6.45) is 2.14. The fourth-order valence-electron chi connectivity index (χ4n) is 0.684. The first-order valence-electron chi connectivity index (χ1n) is 4.08. The van der Waals surface area contributed by atoms with Crippen LogP contribution in [0.15, 0.2) is 0 Å². The van der Waals surface area contributed by atoms with Gasteiger partial charge in [-0.15, -0.1) is 0 Å². The number of nitrogens with two attached hydrogens (primary N) is 1. The van der Waals surface area contributed by atoms with Crippen molar-refractivity contribution < 1.29 is 8.42 Å². The van der Waals surface area contributed by atoms with Crippen LogP contribution < -0.4 is 11.1 Å². The standard InChI is InChI=1S/C7H18N2O2S/c1-7(12(2,10)11)6-9-5-3-4-8/h7,9H,3-6,8H2,1-2H3. The van der Waals surface area contributed by atoms with Crippen LogP contribution >= 0.6 is 0 Å². The van der Waals surface area contributed by atoms with Gasteiger partial charge in [-0.2, -0.15) is 0 Å². The molecule has 1 atom stereocenters. The van der Waals surface area contributed by atoms with Crippen molar-refractivity contribution in [1.82, 2.24) is 5.32 Å². The van der Waals surface area contributed by atoms with Crippen molar-refractivity contribution in [2.75, 3.05) is 25.9 Å². The summed E-state index contributed by atoms with van der Waals surface area (Å²) in [6, 6.07) is 0. The molecule has 12 heavy (non-hydrogen) atoms. The Kier molecular flexibility index (Phi) is 5.44. The lowest BCUT2D eigenvalue weighted by Crippen LogP contribution is -2.31. The lowest BCUT2D eigenvalue weighted by atomic mass is 10.4. The minimum absolute atomic E-state index is 0.310. The summed E-state index contributed by atoms with van der Waals surface area (Å²) < 4.78 is 21.9. The molecule has 5 heteroatoms. The number of nitrogens with one attached hydrogen (secondary N) is 1. The van der Waals surface area contributed by atoms with E-state index < -0.39 is 9.84 Å². The highest BCUT2D eigenvalue weighted by Crippen LogP contribution is 1.94. The van der Waals surface area contributed by atoms with E-state index in [9.17, 15) is 8.42 Å². The molecule has 0 bridgehead atoms. The monoisotopic (exact) mass is 194 g/mol. The summed E-state index contributed by atoms with van der Waals surface area (Å²) in [7, 11) is -2.88. The van der Waals surface area contributed by atoms with Crippen LogP contribution in [-0.4, -0.2) is 39.6 Å². The number of hydrogen-bond donors (Lipinski definition) is 2.